The first-order valence-electron chi connectivity index (χ1n) is 3.85. The predicted octanol–water partition coefficient (Wildman–Crippen LogP) is 0.690. The summed E-state index contributed by atoms with van der Waals surface area (Å²) in [6.07, 6.45) is 8.83. The van der Waals surface area contributed by atoms with E-state index in [1.165, 1.54) is 0 Å². The highest BCUT2D eigenvalue weighted by Gasteiger charge is 2.10. The third-order valence-corrected chi connectivity index (χ3v) is 1.41. The van der Waals surface area contributed by atoms with Crippen LogP contribution in [0.2, 0.25) is 0 Å². The normalized spacial score (nSPS) is 13.2. The van der Waals surface area contributed by atoms with Gasteiger partial charge in [0.25, 0.3) is 0 Å². The summed E-state index contributed by atoms with van der Waals surface area (Å²) in [5.41, 5.74) is 5.51. The molecule has 0 aliphatic heterocycles. The highest BCUT2D eigenvalue weighted by molar-refractivity contribution is 5.67. The Bertz CT molecular complexity index is 240. The van der Waals surface area contributed by atoms with Crippen molar-refractivity contribution in [2.24, 2.45) is 5.73 Å². The fourth-order valence-corrected chi connectivity index (χ4v) is 0.849. The quantitative estimate of drug-likeness (QED) is 0.486. The summed E-state index contributed by atoms with van der Waals surface area (Å²) in [4.78, 5) is 10.3. The second kappa shape index (κ2) is 6.09. The number of rotatable bonds is 5. The van der Waals surface area contributed by atoms with E-state index in [9.17, 15) is 4.79 Å². The molecule has 0 rings (SSSR count). The average molecular weight is 183 g/mol. The molecule has 4 heteroatoms. The van der Waals surface area contributed by atoms with E-state index >= 15 is 0 Å². The molecule has 4 nitrogen and oxygen atoms in total. The summed E-state index contributed by atoms with van der Waals surface area (Å²) in [6, 6.07) is -0.461. The van der Waals surface area contributed by atoms with E-state index in [2.05, 4.69) is 0 Å². The maximum absolute atomic E-state index is 10.3. The van der Waals surface area contributed by atoms with Crippen molar-refractivity contribution < 1.29 is 14.6 Å². The molecule has 0 aromatic carbocycles. The molecule has 0 radical (unpaired) electrons. The smallest absolute Gasteiger partial charge is 0.304 e. The summed E-state index contributed by atoms with van der Waals surface area (Å²) < 4.78 is 4.76. The van der Waals surface area contributed by atoms with E-state index in [-0.39, 0.29) is 6.42 Å². The van der Waals surface area contributed by atoms with Gasteiger partial charge in [-0.15, -0.1) is 0 Å². The van der Waals surface area contributed by atoms with Gasteiger partial charge in [-0.05, 0) is 13.0 Å². The Morgan fingerprint density at radius 1 is 1.77 bits per heavy atom. The Balaban J connectivity index is 3.96. The second-order valence-electron chi connectivity index (χ2n) is 2.54. The van der Waals surface area contributed by atoms with Crippen LogP contribution < -0.4 is 5.73 Å². The van der Waals surface area contributed by atoms with Gasteiger partial charge in [0.15, 0.2) is 0 Å². The highest BCUT2D eigenvalue weighted by atomic mass is 16.5. The zero-order chi connectivity index (χ0) is 10.3. The first kappa shape index (κ1) is 11.5. The fourth-order valence-electron chi connectivity index (χ4n) is 0.849. The number of carboxylic acid groups (broad SMARTS) is 1. The van der Waals surface area contributed by atoms with E-state index in [1.807, 2.05) is 6.11 Å². The number of allylic oxidation sites excluding steroid dienone is 1. The molecule has 0 saturated carbocycles. The van der Waals surface area contributed by atoms with Crippen molar-refractivity contribution in [3.05, 3.63) is 11.8 Å². The van der Waals surface area contributed by atoms with Crippen LogP contribution in [0.25, 0.3) is 0 Å². The molecule has 1 atom stereocenters. The van der Waals surface area contributed by atoms with Crippen molar-refractivity contribution in [3.8, 4) is 12.5 Å². The van der Waals surface area contributed by atoms with Gasteiger partial charge in [0.05, 0.1) is 6.42 Å². The van der Waals surface area contributed by atoms with Gasteiger partial charge in [0, 0.05) is 12.5 Å². The maximum Gasteiger partial charge on any atom is 0.304 e. The minimum absolute atomic E-state index is 0.0920. The molecule has 0 aromatic rings. The number of nitrogens with two attached hydrogens (primary N) is 1. The van der Waals surface area contributed by atoms with Crippen LogP contribution in [0.15, 0.2) is 11.8 Å². The van der Waals surface area contributed by atoms with Gasteiger partial charge >= 0.3 is 5.97 Å². The molecule has 0 aromatic heterocycles. The minimum atomic E-state index is -0.927. The monoisotopic (exact) mass is 183 g/mol. The van der Waals surface area contributed by atoms with Gasteiger partial charge < -0.3 is 15.6 Å². The Morgan fingerprint density at radius 3 is 2.77 bits per heavy atom. The van der Waals surface area contributed by atoms with E-state index in [4.69, 9.17) is 22.0 Å². The lowest BCUT2D eigenvalue weighted by atomic mass is 10.1. The molecule has 0 bridgehead atoms. The molecule has 72 valence electrons. The van der Waals surface area contributed by atoms with E-state index in [0.717, 1.165) is 0 Å². The third-order valence-electron chi connectivity index (χ3n) is 1.41. The van der Waals surface area contributed by atoms with Crippen LogP contribution in [0.3, 0.4) is 0 Å². The lowest BCUT2D eigenvalue weighted by molar-refractivity contribution is -0.137. The zero-order valence-electron chi connectivity index (χ0n) is 7.49. The predicted molar refractivity (Wildman–Crippen MR) is 48.5 cm³/mol. The fraction of sp³-hybridized carbons (Fsp3) is 0.444. The zero-order valence-corrected chi connectivity index (χ0v) is 7.49. The number of aliphatic carboxylic acids is 1. The van der Waals surface area contributed by atoms with Crippen LogP contribution in [-0.4, -0.2) is 17.1 Å². The van der Waals surface area contributed by atoms with Crippen molar-refractivity contribution in [2.75, 3.05) is 0 Å². The number of carbonyl (C=O) groups is 1. The number of hydrogen-bond donors (Lipinski definition) is 2. The van der Waals surface area contributed by atoms with E-state index in [1.54, 1.807) is 13.0 Å². The standard InChI is InChI=1S/C9H13NO3/c1-3-8(13-4-2)5-7(10)6-9(11)12/h2-3,7H,5-6,10H2,1H3,(H,11,12)/b8-3-/t7-/m1/s1. The molecular formula is C9H13NO3. The molecule has 13 heavy (non-hydrogen) atoms. The molecule has 0 aliphatic carbocycles. The van der Waals surface area contributed by atoms with E-state index in [0.29, 0.717) is 12.2 Å². The number of hydrogen-bond acceptors (Lipinski definition) is 3. The Morgan fingerprint density at radius 2 is 2.38 bits per heavy atom. The molecule has 0 aliphatic rings. The molecule has 0 saturated heterocycles. The van der Waals surface area contributed by atoms with Gasteiger partial charge in [-0.25, -0.2) is 0 Å². The SMILES string of the molecule is C#CO/C(=C\C)C[C@@H](N)CC(=O)O. The molecule has 3 N–H and O–H groups in total. The van der Waals surface area contributed by atoms with Crippen LogP contribution in [-0.2, 0) is 9.53 Å². The summed E-state index contributed by atoms with van der Waals surface area (Å²) in [6.45, 7) is 1.75. The van der Waals surface area contributed by atoms with Crippen LogP contribution in [0, 0.1) is 12.5 Å². The highest BCUT2D eigenvalue weighted by Crippen LogP contribution is 2.07. The number of carboxylic acids is 1. The minimum Gasteiger partial charge on any atom is -0.481 e. The van der Waals surface area contributed by atoms with Crippen molar-refractivity contribution >= 4 is 5.97 Å². The lowest BCUT2D eigenvalue weighted by Gasteiger charge is -2.09. The molecule has 0 fully saturated rings. The van der Waals surface area contributed by atoms with Crippen LogP contribution >= 0.6 is 0 Å². The number of ether oxygens (including phenoxy) is 1. The summed E-state index contributed by atoms with van der Waals surface area (Å²) >= 11 is 0. The first-order valence-corrected chi connectivity index (χ1v) is 3.85. The number of terminal acetylenes is 1. The third kappa shape index (κ3) is 5.76. The van der Waals surface area contributed by atoms with Crippen molar-refractivity contribution in [1.82, 2.24) is 0 Å². The first-order chi connectivity index (χ1) is 6.10. The molecule has 0 heterocycles. The van der Waals surface area contributed by atoms with Gasteiger partial charge in [-0.3, -0.25) is 4.79 Å². The topological polar surface area (TPSA) is 72.5 Å². The van der Waals surface area contributed by atoms with Gasteiger partial charge in [-0.1, -0.05) is 6.42 Å². The molecule has 0 amide bonds. The van der Waals surface area contributed by atoms with Crippen molar-refractivity contribution in [2.45, 2.75) is 25.8 Å². The largest absolute Gasteiger partial charge is 0.481 e. The molecule has 0 unspecified atom stereocenters. The lowest BCUT2D eigenvalue weighted by Crippen LogP contribution is -2.24. The maximum atomic E-state index is 10.3. The van der Waals surface area contributed by atoms with E-state index < -0.39 is 12.0 Å². The van der Waals surface area contributed by atoms with Crippen LogP contribution in [0.1, 0.15) is 19.8 Å². The Labute approximate surface area is 77.4 Å². The van der Waals surface area contributed by atoms with Crippen molar-refractivity contribution in [3.63, 3.8) is 0 Å². The summed E-state index contributed by atoms with van der Waals surface area (Å²) in [7, 11) is 0. The van der Waals surface area contributed by atoms with Gasteiger partial charge in [0.1, 0.15) is 11.9 Å². The summed E-state index contributed by atoms with van der Waals surface area (Å²) in [5, 5.41) is 8.42. The second-order valence-corrected chi connectivity index (χ2v) is 2.54. The van der Waals surface area contributed by atoms with Gasteiger partial charge in [0.2, 0.25) is 0 Å². The van der Waals surface area contributed by atoms with Crippen LogP contribution in [0.4, 0.5) is 0 Å². The Kier molecular flexibility index (Phi) is 5.40. The summed E-state index contributed by atoms with van der Waals surface area (Å²) in [5.74, 6) is -0.403. The average Bonchev–Trinajstić information content (AvgIpc) is 2.02. The molecule has 0 spiro atoms. The molecular weight excluding hydrogens is 170 g/mol. The Hall–Kier alpha value is -1.47. The van der Waals surface area contributed by atoms with Crippen molar-refractivity contribution in [1.29, 1.82) is 0 Å². The van der Waals surface area contributed by atoms with Gasteiger partial charge in [-0.2, -0.15) is 0 Å². The van der Waals surface area contributed by atoms with Crippen LogP contribution in [0.5, 0.6) is 0 Å².